The van der Waals surface area contributed by atoms with Crippen molar-refractivity contribution in [1.82, 2.24) is 10.2 Å². The van der Waals surface area contributed by atoms with Gasteiger partial charge in [-0.1, -0.05) is 44.5 Å². The van der Waals surface area contributed by atoms with Crippen LogP contribution in [0.15, 0.2) is 24.3 Å². The molecule has 0 bridgehead atoms. The molecule has 0 amide bonds. The van der Waals surface area contributed by atoms with Gasteiger partial charge in [-0.15, -0.1) is 0 Å². The molecule has 106 valence electrons. The second-order valence-electron chi connectivity index (χ2n) is 5.61. The second-order valence-corrected chi connectivity index (χ2v) is 5.61. The van der Waals surface area contributed by atoms with Gasteiger partial charge in [0.15, 0.2) is 0 Å². The highest BCUT2D eigenvalue weighted by molar-refractivity contribution is 5.25. The molecule has 1 N–H and O–H groups in total. The van der Waals surface area contributed by atoms with Crippen LogP contribution < -0.4 is 5.32 Å². The van der Waals surface area contributed by atoms with Gasteiger partial charge in [0.2, 0.25) is 0 Å². The first-order valence-electron chi connectivity index (χ1n) is 7.88. The summed E-state index contributed by atoms with van der Waals surface area (Å²) in [6.45, 7) is 9.17. The number of nitrogens with one attached hydrogen (secondary N) is 1. The van der Waals surface area contributed by atoms with Crippen molar-refractivity contribution in [1.29, 1.82) is 0 Å². The van der Waals surface area contributed by atoms with Gasteiger partial charge in [0, 0.05) is 12.6 Å². The SMILES string of the molecule is CCCc1ccc(C(CN2CCCC2)NCC)cc1. The van der Waals surface area contributed by atoms with Gasteiger partial charge in [0.05, 0.1) is 0 Å². The third kappa shape index (κ3) is 4.32. The molecule has 0 spiro atoms. The van der Waals surface area contributed by atoms with Crippen molar-refractivity contribution >= 4 is 0 Å². The summed E-state index contributed by atoms with van der Waals surface area (Å²) < 4.78 is 0. The zero-order valence-electron chi connectivity index (χ0n) is 12.5. The summed E-state index contributed by atoms with van der Waals surface area (Å²) in [7, 11) is 0. The molecular weight excluding hydrogens is 232 g/mol. The molecule has 1 heterocycles. The molecule has 0 aromatic heterocycles. The third-order valence-electron chi connectivity index (χ3n) is 4.01. The van der Waals surface area contributed by atoms with E-state index in [0.29, 0.717) is 6.04 Å². The standard InChI is InChI=1S/C17H28N2/c1-3-7-15-8-10-16(11-9-15)17(18-4-2)14-19-12-5-6-13-19/h8-11,17-18H,3-7,12-14H2,1-2H3. The van der Waals surface area contributed by atoms with E-state index in [1.807, 2.05) is 0 Å². The fourth-order valence-corrected chi connectivity index (χ4v) is 2.96. The third-order valence-corrected chi connectivity index (χ3v) is 4.01. The fraction of sp³-hybridized carbons (Fsp3) is 0.647. The van der Waals surface area contributed by atoms with Crippen LogP contribution >= 0.6 is 0 Å². The first-order chi connectivity index (χ1) is 9.33. The summed E-state index contributed by atoms with van der Waals surface area (Å²) >= 11 is 0. The van der Waals surface area contributed by atoms with Crippen molar-refractivity contribution in [2.75, 3.05) is 26.2 Å². The van der Waals surface area contributed by atoms with Crippen LogP contribution in [0.25, 0.3) is 0 Å². The van der Waals surface area contributed by atoms with Crippen LogP contribution in [0, 0.1) is 0 Å². The molecule has 0 radical (unpaired) electrons. The lowest BCUT2D eigenvalue weighted by Crippen LogP contribution is -2.33. The molecule has 1 unspecified atom stereocenters. The average Bonchev–Trinajstić information content (AvgIpc) is 2.93. The molecule has 1 saturated heterocycles. The number of likely N-dealkylation sites (tertiary alicyclic amines) is 1. The quantitative estimate of drug-likeness (QED) is 0.808. The zero-order chi connectivity index (χ0) is 13.5. The lowest BCUT2D eigenvalue weighted by molar-refractivity contribution is 0.294. The number of hydrogen-bond donors (Lipinski definition) is 1. The minimum absolute atomic E-state index is 0.485. The van der Waals surface area contributed by atoms with Crippen molar-refractivity contribution in [3.63, 3.8) is 0 Å². The van der Waals surface area contributed by atoms with E-state index >= 15 is 0 Å². The van der Waals surface area contributed by atoms with Crippen LogP contribution in [-0.2, 0) is 6.42 Å². The van der Waals surface area contributed by atoms with E-state index in [9.17, 15) is 0 Å². The summed E-state index contributed by atoms with van der Waals surface area (Å²) in [5, 5.41) is 3.64. The summed E-state index contributed by atoms with van der Waals surface area (Å²) in [6.07, 6.45) is 5.16. The maximum atomic E-state index is 3.64. The lowest BCUT2D eigenvalue weighted by atomic mass is 10.0. The fourth-order valence-electron chi connectivity index (χ4n) is 2.96. The topological polar surface area (TPSA) is 15.3 Å². The predicted molar refractivity (Wildman–Crippen MR) is 82.5 cm³/mol. The highest BCUT2D eigenvalue weighted by Gasteiger charge is 2.18. The van der Waals surface area contributed by atoms with Gasteiger partial charge in [-0.2, -0.15) is 0 Å². The van der Waals surface area contributed by atoms with Crippen LogP contribution in [0.3, 0.4) is 0 Å². The zero-order valence-corrected chi connectivity index (χ0v) is 12.5. The Morgan fingerprint density at radius 2 is 1.79 bits per heavy atom. The van der Waals surface area contributed by atoms with E-state index in [1.165, 1.54) is 49.9 Å². The highest BCUT2D eigenvalue weighted by Crippen LogP contribution is 2.18. The van der Waals surface area contributed by atoms with Crippen LogP contribution in [-0.4, -0.2) is 31.1 Å². The van der Waals surface area contributed by atoms with Crippen molar-refractivity contribution in [2.45, 2.75) is 45.6 Å². The average molecular weight is 260 g/mol. The maximum absolute atomic E-state index is 3.64. The maximum Gasteiger partial charge on any atom is 0.0449 e. The summed E-state index contributed by atoms with van der Waals surface area (Å²) in [4.78, 5) is 2.59. The van der Waals surface area contributed by atoms with E-state index in [4.69, 9.17) is 0 Å². The molecule has 0 aliphatic carbocycles. The van der Waals surface area contributed by atoms with Crippen molar-refractivity contribution < 1.29 is 0 Å². The molecule has 0 saturated carbocycles. The molecule has 1 aliphatic rings. The van der Waals surface area contributed by atoms with Gasteiger partial charge in [-0.25, -0.2) is 0 Å². The van der Waals surface area contributed by atoms with Gasteiger partial charge in [-0.05, 0) is 50.0 Å². The van der Waals surface area contributed by atoms with Crippen LogP contribution in [0.4, 0.5) is 0 Å². The minimum Gasteiger partial charge on any atom is -0.309 e. The van der Waals surface area contributed by atoms with E-state index in [1.54, 1.807) is 0 Å². The molecule has 1 fully saturated rings. The molecular formula is C17H28N2. The number of likely N-dealkylation sites (N-methyl/N-ethyl adjacent to an activating group) is 1. The predicted octanol–water partition coefficient (Wildman–Crippen LogP) is 3.39. The Balaban J connectivity index is 2.00. The molecule has 1 atom stereocenters. The number of hydrogen-bond acceptors (Lipinski definition) is 2. The van der Waals surface area contributed by atoms with Gasteiger partial charge in [-0.3, -0.25) is 0 Å². The molecule has 19 heavy (non-hydrogen) atoms. The van der Waals surface area contributed by atoms with Gasteiger partial charge >= 0.3 is 0 Å². The van der Waals surface area contributed by atoms with E-state index in [-0.39, 0.29) is 0 Å². The molecule has 1 aliphatic heterocycles. The lowest BCUT2D eigenvalue weighted by Gasteiger charge is -2.24. The Morgan fingerprint density at radius 3 is 2.37 bits per heavy atom. The highest BCUT2D eigenvalue weighted by atomic mass is 15.2. The van der Waals surface area contributed by atoms with Crippen molar-refractivity contribution in [2.24, 2.45) is 0 Å². The van der Waals surface area contributed by atoms with Crippen LogP contribution in [0.2, 0.25) is 0 Å². The molecule has 2 nitrogen and oxygen atoms in total. The molecule has 2 rings (SSSR count). The Hall–Kier alpha value is -0.860. The summed E-state index contributed by atoms with van der Waals surface area (Å²) in [6, 6.07) is 9.71. The number of aryl methyl sites for hydroxylation is 1. The summed E-state index contributed by atoms with van der Waals surface area (Å²) in [5.41, 5.74) is 2.90. The Labute approximate surface area is 118 Å². The monoisotopic (exact) mass is 260 g/mol. The largest absolute Gasteiger partial charge is 0.309 e. The number of benzene rings is 1. The smallest absolute Gasteiger partial charge is 0.0449 e. The van der Waals surface area contributed by atoms with Gasteiger partial charge in [0.1, 0.15) is 0 Å². The molecule has 2 heteroatoms. The second kappa shape index (κ2) is 7.66. The number of nitrogens with zero attached hydrogens (tertiary/aromatic N) is 1. The van der Waals surface area contributed by atoms with Crippen LogP contribution in [0.5, 0.6) is 0 Å². The van der Waals surface area contributed by atoms with Crippen molar-refractivity contribution in [3.05, 3.63) is 35.4 Å². The van der Waals surface area contributed by atoms with Gasteiger partial charge in [0.25, 0.3) is 0 Å². The van der Waals surface area contributed by atoms with E-state index in [2.05, 4.69) is 48.3 Å². The molecule has 1 aromatic rings. The molecule has 1 aromatic carbocycles. The Morgan fingerprint density at radius 1 is 1.11 bits per heavy atom. The van der Waals surface area contributed by atoms with Crippen LogP contribution in [0.1, 0.15) is 50.3 Å². The van der Waals surface area contributed by atoms with Gasteiger partial charge < -0.3 is 10.2 Å². The normalized spacial score (nSPS) is 17.8. The Bertz CT molecular complexity index is 352. The first kappa shape index (κ1) is 14.5. The van der Waals surface area contributed by atoms with E-state index in [0.717, 1.165) is 13.1 Å². The minimum atomic E-state index is 0.485. The van der Waals surface area contributed by atoms with E-state index < -0.39 is 0 Å². The first-order valence-corrected chi connectivity index (χ1v) is 7.88. The Kier molecular flexibility index (Phi) is 5.87. The number of rotatable bonds is 7. The summed E-state index contributed by atoms with van der Waals surface area (Å²) in [5.74, 6) is 0. The van der Waals surface area contributed by atoms with Crippen molar-refractivity contribution in [3.8, 4) is 0 Å².